The summed E-state index contributed by atoms with van der Waals surface area (Å²) in [4.78, 5) is 12.3. The second-order valence-electron chi connectivity index (χ2n) is 7.71. The molecule has 2 saturated heterocycles. The van der Waals surface area contributed by atoms with E-state index in [0.29, 0.717) is 6.04 Å². The van der Waals surface area contributed by atoms with Crippen molar-refractivity contribution in [3.8, 4) is 0 Å². The number of guanidine groups is 1. The minimum absolute atomic E-state index is 0. The van der Waals surface area contributed by atoms with E-state index < -0.39 is 0 Å². The fourth-order valence-corrected chi connectivity index (χ4v) is 4.11. The smallest absolute Gasteiger partial charge is 0.193 e. The molecule has 2 aliphatic rings. The summed E-state index contributed by atoms with van der Waals surface area (Å²) < 4.78 is 5.58. The highest BCUT2D eigenvalue weighted by molar-refractivity contribution is 14.0. The average molecular weight is 481 g/mol. The van der Waals surface area contributed by atoms with Gasteiger partial charge in [-0.3, -0.25) is 9.89 Å². The normalized spacial score (nSPS) is 23.8. The number of aliphatic imine (C=N–C) groups is 1. The summed E-state index contributed by atoms with van der Waals surface area (Å²) in [7, 11) is 6.53. The summed E-state index contributed by atoms with van der Waals surface area (Å²) in [5.41, 5.74) is 0.128. The van der Waals surface area contributed by atoms with Crippen LogP contribution < -0.4 is 5.32 Å². The Bertz CT molecular complexity index is 426. The maximum atomic E-state index is 5.58. The van der Waals surface area contributed by atoms with Crippen LogP contribution in [0.4, 0.5) is 0 Å². The summed E-state index contributed by atoms with van der Waals surface area (Å²) in [6.07, 6.45) is 4.73. The summed E-state index contributed by atoms with van der Waals surface area (Å²) in [5, 5.41) is 3.49. The number of likely N-dealkylation sites (tertiary alicyclic amines) is 1. The van der Waals surface area contributed by atoms with Crippen molar-refractivity contribution in [2.75, 3.05) is 67.1 Å². The molecule has 2 rings (SSSR count). The molecule has 0 aromatic carbocycles. The molecule has 2 fully saturated rings. The Balaban J connectivity index is 0.00000338. The number of nitrogens with one attached hydrogen (secondary N) is 1. The number of rotatable bonds is 7. The van der Waals surface area contributed by atoms with Crippen LogP contribution in [-0.4, -0.2) is 99.3 Å². The Labute approximate surface area is 177 Å². The maximum absolute atomic E-state index is 5.58. The lowest BCUT2D eigenvalue weighted by Crippen LogP contribution is -2.52. The van der Waals surface area contributed by atoms with Gasteiger partial charge in [0.25, 0.3) is 0 Å². The Morgan fingerprint density at radius 2 is 1.92 bits per heavy atom. The van der Waals surface area contributed by atoms with E-state index in [2.05, 4.69) is 55.0 Å². The number of nitrogens with zero attached hydrogens (tertiary/aromatic N) is 4. The predicted molar refractivity (Wildman–Crippen MR) is 121 cm³/mol. The van der Waals surface area contributed by atoms with Crippen molar-refractivity contribution in [2.24, 2.45) is 4.99 Å². The molecule has 0 saturated carbocycles. The Morgan fingerprint density at radius 3 is 2.50 bits per heavy atom. The van der Waals surface area contributed by atoms with Gasteiger partial charge in [0.1, 0.15) is 0 Å². The lowest BCUT2D eigenvalue weighted by atomic mass is 9.89. The van der Waals surface area contributed by atoms with E-state index in [0.717, 1.165) is 58.2 Å². The first-order chi connectivity index (χ1) is 12.0. The molecule has 0 radical (unpaired) electrons. The van der Waals surface area contributed by atoms with E-state index in [9.17, 15) is 0 Å². The third-order valence-corrected chi connectivity index (χ3v) is 5.98. The molecule has 0 amide bonds. The molecule has 0 aromatic rings. The zero-order chi connectivity index (χ0) is 18.3. The fourth-order valence-electron chi connectivity index (χ4n) is 4.11. The summed E-state index contributed by atoms with van der Waals surface area (Å²) in [5.74, 6) is 1.04. The van der Waals surface area contributed by atoms with Gasteiger partial charge in [-0.25, -0.2) is 0 Å². The first kappa shape index (κ1) is 23.9. The zero-order valence-corrected chi connectivity index (χ0v) is 19.8. The van der Waals surface area contributed by atoms with Gasteiger partial charge in [0.2, 0.25) is 0 Å². The average Bonchev–Trinajstić information content (AvgIpc) is 3.06. The van der Waals surface area contributed by atoms with Crippen LogP contribution in [0.1, 0.15) is 39.5 Å². The second kappa shape index (κ2) is 11.7. The number of halogens is 1. The van der Waals surface area contributed by atoms with Crippen LogP contribution in [-0.2, 0) is 4.74 Å². The molecule has 1 atom stereocenters. The Morgan fingerprint density at radius 1 is 1.23 bits per heavy atom. The number of ether oxygens (including phenoxy) is 1. The van der Waals surface area contributed by atoms with Crippen LogP contribution in [0.25, 0.3) is 0 Å². The largest absolute Gasteiger partial charge is 0.381 e. The SMILES string of the molecule is CCNC(=NCC1(N(C)C)CCOCC1)N(C)CC1CCCN1CC.I. The molecule has 0 aliphatic carbocycles. The number of hydrogen-bond acceptors (Lipinski definition) is 4. The summed E-state index contributed by atoms with van der Waals surface area (Å²) in [6, 6.07) is 0.657. The first-order valence-corrected chi connectivity index (χ1v) is 10.0. The molecule has 6 nitrogen and oxygen atoms in total. The standard InChI is InChI=1S/C19H39N5O.HI/c1-6-20-18(23(5)15-17-9-8-12-24(17)7-2)21-16-19(22(3)4)10-13-25-14-11-19;/h17H,6-16H2,1-5H3,(H,20,21);1H. The lowest BCUT2D eigenvalue weighted by molar-refractivity contribution is -0.00263. The molecule has 0 spiro atoms. The first-order valence-electron chi connectivity index (χ1n) is 10.0. The van der Waals surface area contributed by atoms with E-state index in [4.69, 9.17) is 9.73 Å². The topological polar surface area (TPSA) is 43.3 Å². The van der Waals surface area contributed by atoms with Crippen molar-refractivity contribution in [1.82, 2.24) is 20.0 Å². The van der Waals surface area contributed by atoms with Gasteiger partial charge < -0.3 is 19.9 Å². The minimum Gasteiger partial charge on any atom is -0.381 e. The van der Waals surface area contributed by atoms with Crippen molar-refractivity contribution >= 4 is 29.9 Å². The highest BCUT2D eigenvalue weighted by atomic mass is 127. The van der Waals surface area contributed by atoms with Crippen molar-refractivity contribution < 1.29 is 4.74 Å². The van der Waals surface area contributed by atoms with Crippen LogP contribution in [0, 0.1) is 0 Å². The van der Waals surface area contributed by atoms with E-state index in [-0.39, 0.29) is 29.5 Å². The lowest BCUT2D eigenvalue weighted by Gasteiger charge is -2.42. The van der Waals surface area contributed by atoms with Gasteiger partial charge in [0.05, 0.1) is 6.54 Å². The van der Waals surface area contributed by atoms with Gasteiger partial charge in [-0.2, -0.15) is 0 Å². The molecule has 0 aromatic heterocycles. The van der Waals surface area contributed by atoms with Gasteiger partial charge in [-0.1, -0.05) is 6.92 Å². The quantitative estimate of drug-likeness (QED) is 0.343. The van der Waals surface area contributed by atoms with E-state index >= 15 is 0 Å². The third-order valence-electron chi connectivity index (χ3n) is 5.98. The van der Waals surface area contributed by atoms with E-state index in [1.54, 1.807) is 0 Å². The van der Waals surface area contributed by atoms with Crippen LogP contribution >= 0.6 is 24.0 Å². The maximum Gasteiger partial charge on any atom is 0.193 e. The Kier molecular flexibility index (Phi) is 10.7. The number of hydrogen-bond donors (Lipinski definition) is 1. The molecular weight excluding hydrogens is 441 g/mol. The monoisotopic (exact) mass is 481 g/mol. The highest BCUT2D eigenvalue weighted by Crippen LogP contribution is 2.26. The molecule has 1 unspecified atom stereocenters. The van der Waals surface area contributed by atoms with Crippen LogP contribution in [0.3, 0.4) is 0 Å². The van der Waals surface area contributed by atoms with Crippen LogP contribution in [0.15, 0.2) is 4.99 Å². The fraction of sp³-hybridized carbons (Fsp3) is 0.947. The zero-order valence-electron chi connectivity index (χ0n) is 17.5. The van der Waals surface area contributed by atoms with E-state index in [1.807, 2.05) is 0 Å². The number of likely N-dealkylation sites (N-methyl/N-ethyl adjacent to an activating group) is 3. The molecule has 154 valence electrons. The van der Waals surface area contributed by atoms with Gasteiger partial charge >= 0.3 is 0 Å². The molecule has 1 N–H and O–H groups in total. The molecule has 2 aliphatic heterocycles. The molecule has 0 bridgehead atoms. The molecular formula is C19H40IN5O. The third kappa shape index (κ3) is 6.21. The van der Waals surface area contributed by atoms with Gasteiger partial charge in [-0.15, -0.1) is 24.0 Å². The van der Waals surface area contributed by atoms with Gasteiger partial charge in [-0.05, 0) is 59.8 Å². The highest BCUT2D eigenvalue weighted by Gasteiger charge is 2.35. The second-order valence-corrected chi connectivity index (χ2v) is 7.71. The van der Waals surface area contributed by atoms with Crippen molar-refractivity contribution in [1.29, 1.82) is 0 Å². The van der Waals surface area contributed by atoms with Crippen LogP contribution in [0.2, 0.25) is 0 Å². The minimum atomic E-state index is 0. The Hall–Kier alpha value is -0.120. The van der Waals surface area contributed by atoms with E-state index in [1.165, 1.54) is 19.4 Å². The summed E-state index contributed by atoms with van der Waals surface area (Å²) in [6.45, 7) is 11.3. The van der Waals surface area contributed by atoms with Crippen LogP contribution in [0.5, 0.6) is 0 Å². The van der Waals surface area contributed by atoms with Gasteiger partial charge in [0, 0.05) is 44.9 Å². The molecule has 2 heterocycles. The molecule has 7 heteroatoms. The van der Waals surface area contributed by atoms with Crippen molar-refractivity contribution in [2.45, 2.75) is 51.1 Å². The predicted octanol–water partition coefficient (Wildman–Crippen LogP) is 2.10. The molecule has 26 heavy (non-hydrogen) atoms. The van der Waals surface area contributed by atoms with Crippen molar-refractivity contribution in [3.05, 3.63) is 0 Å². The van der Waals surface area contributed by atoms with Gasteiger partial charge in [0.15, 0.2) is 5.96 Å². The van der Waals surface area contributed by atoms with Crippen molar-refractivity contribution in [3.63, 3.8) is 0 Å². The summed E-state index contributed by atoms with van der Waals surface area (Å²) >= 11 is 0.